The van der Waals surface area contributed by atoms with Gasteiger partial charge >= 0.3 is 0 Å². The van der Waals surface area contributed by atoms with E-state index in [1.54, 1.807) is 24.3 Å². The Morgan fingerprint density at radius 1 is 1.23 bits per heavy atom. The maximum Gasteiger partial charge on any atom is 0.272 e. The Morgan fingerprint density at radius 3 is 2.80 bits per heavy atom. The van der Waals surface area contributed by atoms with E-state index < -0.39 is 12.2 Å². The zero-order valence-electron chi connectivity index (χ0n) is 18.4. The molecule has 10 heteroatoms. The van der Waals surface area contributed by atoms with Crippen molar-refractivity contribution in [2.75, 3.05) is 0 Å². The number of benzene rings is 1. The number of aromatic nitrogens is 3. The van der Waals surface area contributed by atoms with Gasteiger partial charge in [-0.1, -0.05) is 12.1 Å². The first kappa shape index (κ1) is 23.1. The Bertz CT molecular complexity index is 1440. The molecule has 5 rings (SSSR count). The fourth-order valence-electron chi connectivity index (χ4n) is 4.64. The summed E-state index contributed by atoms with van der Waals surface area (Å²) in [6.07, 6.45) is 1.76. The highest BCUT2D eigenvalue weighted by atomic mass is 32.1. The molecular weight excluding hydrogens is 475 g/mol. The molecule has 3 aromatic heterocycles. The number of fused-ring (bicyclic) bond motifs is 1. The summed E-state index contributed by atoms with van der Waals surface area (Å²) in [5, 5.41) is 12.3. The maximum absolute atomic E-state index is 14.8. The first-order chi connectivity index (χ1) is 16.9. The number of nitriles is 1. The number of nitrogens with zero attached hydrogens (tertiary/aromatic N) is 4. The number of halogens is 3. The van der Waals surface area contributed by atoms with Gasteiger partial charge in [-0.3, -0.25) is 4.79 Å². The van der Waals surface area contributed by atoms with Crippen LogP contribution in [0.25, 0.3) is 22.4 Å². The molecule has 1 aromatic carbocycles. The van der Waals surface area contributed by atoms with Crippen LogP contribution in [0, 0.1) is 17.1 Å². The van der Waals surface area contributed by atoms with Crippen molar-refractivity contribution in [2.45, 2.75) is 44.2 Å². The zero-order valence-corrected chi connectivity index (χ0v) is 19.2. The molecule has 0 saturated heterocycles. The van der Waals surface area contributed by atoms with Gasteiger partial charge in [-0.15, -0.1) is 11.3 Å². The number of carbonyl (C=O) groups excluding carboxylic acids is 1. The van der Waals surface area contributed by atoms with Crippen molar-refractivity contribution in [2.24, 2.45) is 0 Å². The van der Waals surface area contributed by atoms with Crippen LogP contribution in [0.2, 0.25) is 0 Å². The average Bonchev–Trinajstić information content (AvgIpc) is 3.50. The monoisotopic (exact) mass is 495 g/mol. The number of amides is 1. The van der Waals surface area contributed by atoms with Crippen molar-refractivity contribution < 1.29 is 18.0 Å². The van der Waals surface area contributed by atoms with Crippen molar-refractivity contribution in [1.82, 2.24) is 19.9 Å². The number of hydrogen-bond donors (Lipinski definition) is 1. The van der Waals surface area contributed by atoms with Gasteiger partial charge in [-0.05, 0) is 49.9 Å². The minimum Gasteiger partial charge on any atom is -0.349 e. The normalized spacial score (nSPS) is 18.0. The van der Waals surface area contributed by atoms with Crippen molar-refractivity contribution in [3.63, 3.8) is 0 Å². The molecule has 4 aromatic rings. The highest BCUT2D eigenvalue weighted by molar-refractivity contribution is 7.14. The van der Waals surface area contributed by atoms with Crippen molar-refractivity contribution in [3.05, 3.63) is 69.9 Å². The molecule has 0 bridgehead atoms. The molecule has 0 unspecified atom stereocenters. The van der Waals surface area contributed by atoms with E-state index in [0.29, 0.717) is 28.8 Å². The lowest BCUT2D eigenvalue weighted by atomic mass is 9.90. The summed E-state index contributed by atoms with van der Waals surface area (Å²) in [4.78, 5) is 21.6. The number of pyridine rings is 1. The van der Waals surface area contributed by atoms with Crippen molar-refractivity contribution >= 4 is 28.3 Å². The summed E-state index contributed by atoms with van der Waals surface area (Å²) in [6.45, 7) is 0. The third kappa shape index (κ3) is 4.51. The minimum absolute atomic E-state index is 0.123. The molecule has 1 amide bonds. The number of rotatable bonds is 5. The lowest BCUT2D eigenvalue weighted by molar-refractivity contribution is 0.0925. The van der Waals surface area contributed by atoms with E-state index in [2.05, 4.69) is 15.3 Å². The number of imidazole rings is 1. The zero-order chi connectivity index (χ0) is 24.5. The number of thiophene rings is 1. The summed E-state index contributed by atoms with van der Waals surface area (Å²) in [7, 11) is 0. The lowest BCUT2D eigenvalue weighted by Crippen LogP contribution is -2.38. The molecule has 35 heavy (non-hydrogen) atoms. The van der Waals surface area contributed by atoms with E-state index in [0.717, 1.165) is 30.6 Å². The summed E-state index contributed by atoms with van der Waals surface area (Å²) in [5.41, 5.74) is 1.79. The van der Waals surface area contributed by atoms with Gasteiger partial charge in [0.05, 0.1) is 27.0 Å². The van der Waals surface area contributed by atoms with Crippen LogP contribution in [0.3, 0.4) is 0 Å². The molecule has 1 aliphatic carbocycles. The smallest absolute Gasteiger partial charge is 0.272 e. The minimum atomic E-state index is -2.61. The van der Waals surface area contributed by atoms with E-state index in [1.807, 2.05) is 10.6 Å². The Hall–Kier alpha value is -3.71. The summed E-state index contributed by atoms with van der Waals surface area (Å²) < 4.78 is 42.5. The van der Waals surface area contributed by atoms with Gasteiger partial charge in [0.2, 0.25) is 0 Å². The molecule has 3 heterocycles. The standard InChI is InChI=1S/C25H20F3N5OS/c26-18-7-2-1-6-17(18)24-32-19-13-30-15(12-29)11-20(19)33(24)16-5-3-4-14(10-16)31-25(34)22-9-8-21(35-22)23(27)28/h1-2,6-9,11,13-14,16,23H,3-5,10H2,(H,31,34)/t14-,16+/m0/s1. The molecule has 1 saturated carbocycles. The molecule has 0 radical (unpaired) electrons. The number of alkyl halides is 2. The second-order valence-electron chi connectivity index (χ2n) is 8.45. The van der Waals surface area contributed by atoms with Crippen molar-refractivity contribution in [3.8, 4) is 17.5 Å². The molecule has 1 fully saturated rings. The van der Waals surface area contributed by atoms with Crippen LogP contribution in [0.1, 0.15) is 58.4 Å². The van der Waals surface area contributed by atoms with Gasteiger partial charge in [0.15, 0.2) is 0 Å². The van der Waals surface area contributed by atoms with Crippen LogP contribution < -0.4 is 5.32 Å². The number of hydrogen-bond acceptors (Lipinski definition) is 5. The first-order valence-electron chi connectivity index (χ1n) is 11.2. The van der Waals surface area contributed by atoms with Gasteiger partial charge in [0.25, 0.3) is 12.3 Å². The third-order valence-electron chi connectivity index (χ3n) is 6.22. The fourth-order valence-corrected chi connectivity index (χ4v) is 5.41. The van der Waals surface area contributed by atoms with Gasteiger partial charge in [0.1, 0.15) is 28.9 Å². The second-order valence-corrected chi connectivity index (χ2v) is 9.56. The largest absolute Gasteiger partial charge is 0.349 e. The van der Waals surface area contributed by atoms with E-state index in [1.165, 1.54) is 24.4 Å². The SMILES string of the molecule is N#Cc1cc2c(cn1)nc(-c1ccccc1F)n2[C@@H]1CCC[C@H](NC(=O)c2ccc(C(F)F)s2)C1. The Labute approximate surface area is 203 Å². The van der Waals surface area contributed by atoms with Gasteiger partial charge in [-0.25, -0.2) is 23.1 Å². The Kier molecular flexibility index (Phi) is 6.26. The number of carbonyl (C=O) groups is 1. The lowest BCUT2D eigenvalue weighted by Gasteiger charge is -2.32. The maximum atomic E-state index is 14.8. The van der Waals surface area contributed by atoms with E-state index in [-0.39, 0.29) is 33.4 Å². The quantitative estimate of drug-likeness (QED) is 0.367. The first-order valence-corrected chi connectivity index (χ1v) is 12.0. The topological polar surface area (TPSA) is 83.6 Å². The molecule has 2 atom stereocenters. The predicted molar refractivity (Wildman–Crippen MR) is 126 cm³/mol. The van der Waals surface area contributed by atoms with Gasteiger partial charge in [0, 0.05) is 18.2 Å². The van der Waals surface area contributed by atoms with Crippen LogP contribution in [-0.2, 0) is 0 Å². The summed E-state index contributed by atoms with van der Waals surface area (Å²) in [5.74, 6) is -0.356. The summed E-state index contributed by atoms with van der Waals surface area (Å²) in [6, 6.07) is 12.4. The highest BCUT2D eigenvalue weighted by Crippen LogP contribution is 2.37. The van der Waals surface area contributed by atoms with Gasteiger partial charge in [-0.2, -0.15) is 5.26 Å². The van der Waals surface area contributed by atoms with Crippen LogP contribution in [0.4, 0.5) is 13.2 Å². The Morgan fingerprint density at radius 2 is 2.06 bits per heavy atom. The number of nitrogens with one attached hydrogen (secondary N) is 1. The van der Waals surface area contributed by atoms with Crippen LogP contribution in [0.15, 0.2) is 48.7 Å². The molecule has 6 nitrogen and oxygen atoms in total. The van der Waals surface area contributed by atoms with Crippen LogP contribution >= 0.6 is 11.3 Å². The molecule has 1 aliphatic rings. The average molecular weight is 496 g/mol. The van der Waals surface area contributed by atoms with Crippen molar-refractivity contribution in [1.29, 1.82) is 5.26 Å². The fraction of sp³-hybridized carbons (Fsp3) is 0.280. The van der Waals surface area contributed by atoms with Crippen LogP contribution in [-0.4, -0.2) is 26.5 Å². The summed E-state index contributed by atoms with van der Waals surface area (Å²) >= 11 is 0.787. The van der Waals surface area contributed by atoms with Crippen LogP contribution in [0.5, 0.6) is 0 Å². The van der Waals surface area contributed by atoms with E-state index in [9.17, 15) is 23.2 Å². The molecule has 178 valence electrons. The van der Waals surface area contributed by atoms with Gasteiger partial charge < -0.3 is 9.88 Å². The third-order valence-corrected chi connectivity index (χ3v) is 7.31. The Balaban J connectivity index is 1.48. The highest BCUT2D eigenvalue weighted by Gasteiger charge is 2.29. The molecule has 0 aliphatic heterocycles. The molecule has 1 N–H and O–H groups in total. The van der Waals surface area contributed by atoms with E-state index in [4.69, 9.17) is 0 Å². The van der Waals surface area contributed by atoms with E-state index >= 15 is 0 Å². The second kappa shape index (κ2) is 9.50. The molecule has 0 spiro atoms. The molecular formula is C25H20F3N5OS. The predicted octanol–water partition coefficient (Wildman–Crippen LogP) is 6.02.